The van der Waals surface area contributed by atoms with E-state index in [2.05, 4.69) is 20.7 Å². The number of halogens is 1. The van der Waals surface area contributed by atoms with Gasteiger partial charge in [-0.05, 0) is 53.4 Å². The maximum absolute atomic E-state index is 12.1. The van der Waals surface area contributed by atoms with Crippen molar-refractivity contribution in [2.24, 2.45) is 0 Å². The molecule has 1 saturated carbocycles. The van der Waals surface area contributed by atoms with Crippen LogP contribution in [0, 0.1) is 0 Å². The third kappa shape index (κ3) is 3.28. The second-order valence-electron chi connectivity index (χ2n) is 4.70. The average Bonchev–Trinajstić information content (AvgIpc) is 2.34. The molecule has 0 atom stereocenters. The molecule has 7 heteroatoms. The smallest absolute Gasteiger partial charge is 0.240 e. The predicted octanol–water partition coefficient (Wildman–Crippen LogP) is 1.65. The molecule has 0 bridgehead atoms. The summed E-state index contributed by atoms with van der Waals surface area (Å²) >= 11 is 3.25. The minimum Gasteiger partial charge on any atom is -0.496 e. The molecule has 19 heavy (non-hydrogen) atoms. The Balaban J connectivity index is 2.12. The van der Waals surface area contributed by atoms with E-state index in [9.17, 15) is 13.5 Å². The van der Waals surface area contributed by atoms with Gasteiger partial charge in [0.15, 0.2) is 0 Å². The Hall–Kier alpha value is -0.630. The topological polar surface area (TPSA) is 75.6 Å². The molecule has 1 fully saturated rings. The van der Waals surface area contributed by atoms with Crippen molar-refractivity contribution in [1.82, 2.24) is 4.72 Å². The van der Waals surface area contributed by atoms with Crippen LogP contribution in [0.5, 0.6) is 5.75 Å². The first-order chi connectivity index (χ1) is 8.86. The fourth-order valence-corrected chi connectivity index (χ4v) is 3.73. The monoisotopic (exact) mass is 349 g/mol. The predicted molar refractivity (Wildman–Crippen MR) is 74.7 cm³/mol. The highest BCUT2D eigenvalue weighted by Gasteiger charge is 2.35. The van der Waals surface area contributed by atoms with Crippen LogP contribution in [0.4, 0.5) is 0 Å². The van der Waals surface area contributed by atoms with Crippen LogP contribution in [-0.2, 0) is 10.0 Å². The van der Waals surface area contributed by atoms with E-state index >= 15 is 0 Å². The van der Waals surface area contributed by atoms with Crippen molar-refractivity contribution in [3.05, 3.63) is 22.7 Å². The first-order valence-electron chi connectivity index (χ1n) is 5.92. The van der Waals surface area contributed by atoms with Crippen LogP contribution in [0.25, 0.3) is 0 Å². The second-order valence-corrected chi connectivity index (χ2v) is 7.32. The maximum atomic E-state index is 12.1. The molecule has 106 valence electrons. The minimum absolute atomic E-state index is 0.0545. The molecule has 1 aromatic carbocycles. The van der Waals surface area contributed by atoms with Gasteiger partial charge in [0.25, 0.3) is 0 Å². The van der Waals surface area contributed by atoms with Gasteiger partial charge in [0, 0.05) is 6.54 Å². The lowest BCUT2D eigenvalue weighted by Gasteiger charge is -2.36. The molecular formula is C12H16BrNO4S. The van der Waals surface area contributed by atoms with E-state index in [0.717, 1.165) is 6.42 Å². The zero-order valence-corrected chi connectivity index (χ0v) is 12.9. The van der Waals surface area contributed by atoms with E-state index in [0.29, 0.717) is 23.1 Å². The van der Waals surface area contributed by atoms with Crippen molar-refractivity contribution in [2.75, 3.05) is 13.7 Å². The SMILES string of the molecule is COc1ccc(S(=O)(=O)NCC2(O)CCC2)cc1Br. The summed E-state index contributed by atoms with van der Waals surface area (Å²) in [6, 6.07) is 4.53. The van der Waals surface area contributed by atoms with Gasteiger partial charge in [-0.2, -0.15) is 0 Å². The molecule has 5 nitrogen and oxygen atoms in total. The first-order valence-corrected chi connectivity index (χ1v) is 8.19. The zero-order chi connectivity index (χ0) is 14.1. The maximum Gasteiger partial charge on any atom is 0.240 e. The summed E-state index contributed by atoms with van der Waals surface area (Å²) < 4.78 is 32.2. The van der Waals surface area contributed by atoms with Crippen LogP contribution in [-0.4, -0.2) is 32.8 Å². The summed E-state index contributed by atoms with van der Waals surface area (Å²) in [5.41, 5.74) is -0.878. The van der Waals surface area contributed by atoms with Crippen molar-refractivity contribution in [3.8, 4) is 5.75 Å². The number of methoxy groups -OCH3 is 1. The van der Waals surface area contributed by atoms with Gasteiger partial charge in [-0.1, -0.05) is 0 Å². The fraction of sp³-hybridized carbons (Fsp3) is 0.500. The van der Waals surface area contributed by atoms with Crippen molar-refractivity contribution < 1.29 is 18.3 Å². The summed E-state index contributed by atoms with van der Waals surface area (Å²) in [6.07, 6.45) is 2.22. The van der Waals surface area contributed by atoms with Crippen LogP contribution in [0.3, 0.4) is 0 Å². The average molecular weight is 350 g/mol. The highest BCUT2D eigenvalue weighted by molar-refractivity contribution is 9.10. The number of hydrogen-bond donors (Lipinski definition) is 2. The van der Waals surface area contributed by atoms with Crippen LogP contribution < -0.4 is 9.46 Å². The third-order valence-corrected chi connectivity index (χ3v) is 5.33. The van der Waals surface area contributed by atoms with Crippen molar-refractivity contribution in [2.45, 2.75) is 29.8 Å². The first kappa shape index (κ1) is 14.8. The van der Waals surface area contributed by atoms with Gasteiger partial charge in [-0.3, -0.25) is 0 Å². The van der Waals surface area contributed by atoms with E-state index in [1.807, 2.05) is 0 Å². The molecule has 2 N–H and O–H groups in total. The van der Waals surface area contributed by atoms with E-state index < -0.39 is 15.6 Å². The van der Waals surface area contributed by atoms with Crippen LogP contribution in [0.1, 0.15) is 19.3 Å². The van der Waals surface area contributed by atoms with Gasteiger partial charge in [-0.15, -0.1) is 0 Å². The van der Waals surface area contributed by atoms with Gasteiger partial charge >= 0.3 is 0 Å². The Morgan fingerprint density at radius 3 is 2.63 bits per heavy atom. The molecular weight excluding hydrogens is 334 g/mol. The molecule has 1 aliphatic rings. The summed E-state index contributed by atoms with van der Waals surface area (Å²) in [6.45, 7) is 0.0545. The summed E-state index contributed by atoms with van der Waals surface area (Å²) in [5, 5.41) is 9.90. The number of sulfonamides is 1. The van der Waals surface area contributed by atoms with Crippen LogP contribution in [0.15, 0.2) is 27.6 Å². The summed E-state index contributed by atoms with van der Waals surface area (Å²) in [7, 11) is -2.10. The Morgan fingerprint density at radius 2 is 2.16 bits per heavy atom. The number of benzene rings is 1. The molecule has 0 heterocycles. The summed E-state index contributed by atoms with van der Waals surface area (Å²) in [4.78, 5) is 0.142. The fourth-order valence-electron chi connectivity index (χ4n) is 1.89. The second kappa shape index (κ2) is 5.40. The lowest BCUT2D eigenvalue weighted by Crippen LogP contribution is -2.47. The largest absolute Gasteiger partial charge is 0.496 e. The van der Waals surface area contributed by atoms with Gasteiger partial charge in [0.2, 0.25) is 10.0 Å². The number of nitrogens with one attached hydrogen (secondary N) is 1. The molecule has 2 rings (SSSR count). The highest BCUT2D eigenvalue weighted by Crippen LogP contribution is 2.31. The molecule has 0 radical (unpaired) electrons. The molecule has 0 unspecified atom stereocenters. The summed E-state index contributed by atoms with van der Waals surface area (Å²) in [5.74, 6) is 0.566. The van der Waals surface area contributed by atoms with Gasteiger partial charge < -0.3 is 9.84 Å². The lowest BCUT2D eigenvalue weighted by atomic mass is 9.81. The minimum atomic E-state index is -3.61. The van der Waals surface area contributed by atoms with Crippen molar-refractivity contribution >= 4 is 26.0 Å². The van der Waals surface area contributed by atoms with Crippen molar-refractivity contribution in [3.63, 3.8) is 0 Å². The number of aliphatic hydroxyl groups is 1. The standard InChI is InChI=1S/C12H16BrNO4S/c1-18-11-4-3-9(7-10(11)13)19(16,17)14-8-12(15)5-2-6-12/h3-4,7,14-15H,2,5-6,8H2,1H3. The zero-order valence-electron chi connectivity index (χ0n) is 10.5. The van der Waals surface area contributed by atoms with Crippen LogP contribution >= 0.6 is 15.9 Å². The van der Waals surface area contributed by atoms with Gasteiger partial charge in [0.05, 0.1) is 22.1 Å². The van der Waals surface area contributed by atoms with Crippen molar-refractivity contribution in [1.29, 1.82) is 0 Å². The van der Waals surface area contributed by atoms with E-state index in [4.69, 9.17) is 4.74 Å². The molecule has 0 amide bonds. The lowest BCUT2D eigenvalue weighted by molar-refractivity contribution is -0.0270. The molecule has 0 spiro atoms. The van der Waals surface area contributed by atoms with Gasteiger partial charge in [0.1, 0.15) is 5.75 Å². The van der Waals surface area contributed by atoms with Gasteiger partial charge in [-0.25, -0.2) is 13.1 Å². The Kier molecular flexibility index (Phi) is 4.20. The molecule has 0 saturated heterocycles. The van der Waals surface area contributed by atoms with E-state index in [1.54, 1.807) is 6.07 Å². The number of rotatable bonds is 5. The number of ether oxygens (including phenoxy) is 1. The highest BCUT2D eigenvalue weighted by atomic mass is 79.9. The van der Waals surface area contributed by atoms with E-state index in [-0.39, 0.29) is 11.4 Å². The van der Waals surface area contributed by atoms with Crippen LogP contribution in [0.2, 0.25) is 0 Å². The quantitative estimate of drug-likeness (QED) is 0.847. The Bertz CT molecular complexity index is 569. The molecule has 0 aliphatic heterocycles. The van der Waals surface area contributed by atoms with E-state index in [1.165, 1.54) is 19.2 Å². The number of hydrogen-bond acceptors (Lipinski definition) is 4. The molecule has 0 aromatic heterocycles. The molecule has 1 aliphatic carbocycles. The third-order valence-electron chi connectivity index (χ3n) is 3.31. The normalized spacial score (nSPS) is 17.8. The molecule has 1 aromatic rings. The Morgan fingerprint density at radius 1 is 1.47 bits per heavy atom. The Labute approximate surface area is 121 Å².